The van der Waals surface area contributed by atoms with Crippen molar-refractivity contribution in [1.82, 2.24) is 4.57 Å². The summed E-state index contributed by atoms with van der Waals surface area (Å²) in [6.07, 6.45) is -0.0231. The van der Waals surface area contributed by atoms with Crippen LogP contribution in [0.1, 0.15) is 62.0 Å². The smallest absolute Gasteiger partial charge is 0.258 e. The zero-order valence-corrected chi connectivity index (χ0v) is 22.8. The fraction of sp³-hybridized carbons (Fsp3) is 0.303. The first-order valence-electron chi connectivity index (χ1n) is 13.6. The molecule has 2 atom stereocenters. The Bertz CT molecular complexity index is 1370. The lowest BCUT2D eigenvalue weighted by Gasteiger charge is -2.20. The van der Waals surface area contributed by atoms with Crippen LogP contribution in [0, 0.1) is 5.82 Å². The van der Waals surface area contributed by atoms with Crippen LogP contribution in [0.4, 0.5) is 10.1 Å². The van der Waals surface area contributed by atoms with Gasteiger partial charge in [0.1, 0.15) is 5.82 Å². The molecule has 0 saturated heterocycles. The van der Waals surface area contributed by atoms with Crippen LogP contribution in [-0.4, -0.2) is 32.9 Å². The predicted molar refractivity (Wildman–Crippen MR) is 155 cm³/mol. The Morgan fingerprint density at radius 3 is 2.08 bits per heavy atom. The fourth-order valence-electron chi connectivity index (χ4n) is 5.08. The number of aliphatic hydroxyl groups is 2. The summed E-state index contributed by atoms with van der Waals surface area (Å²) in [6, 6.07) is 25.4. The number of nitrogens with zero attached hydrogens (tertiary/aromatic N) is 1. The third-order valence-electron chi connectivity index (χ3n) is 6.99. The van der Waals surface area contributed by atoms with Crippen molar-refractivity contribution in [3.63, 3.8) is 0 Å². The zero-order valence-electron chi connectivity index (χ0n) is 22.8. The summed E-state index contributed by atoms with van der Waals surface area (Å²) in [5.41, 5.74) is 5.30. The summed E-state index contributed by atoms with van der Waals surface area (Å²) in [5, 5.41) is 23.9. The highest BCUT2D eigenvalue weighted by Gasteiger charge is 2.30. The van der Waals surface area contributed by atoms with Gasteiger partial charge in [-0.15, -0.1) is 0 Å². The van der Waals surface area contributed by atoms with Gasteiger partial charge in [0.2, 0.25) is 0 Å². The minimum atomic E-state index is -0.704. The van der Waals surface area contributed by atoms with Crippen LogP contribution in [0.15, 0.2) is 84.9 Å². The highest BCUT2D eigenvalue weighted by Crippen LogP contribution is 2.42. The number of hydrogen-bond donors (Lipinski definition) is 3. The van der Waals surface area contributed by atoms with Gasteiger partial charge in [-0.1, -0.05) is 69.3 Å². The Labute approximate surface area is 230 Å². The van der Waals surface area contributed by atoms with Crippen molar-refractivity contribution < 1.29 is 19.4 Å². The van der Waals surface area contributed by atoms with E-state index in [2.05, 4.69) is 9.88 Å². The number of hydrogen-bond acceptors (Lipinski definition) is 3. The molecule has 3 N–H and O–H groups in total. The number of nitrogens with one attached hydrogen (secondary N) is 1. The van der Waals surface area contributed by atoms with Gasteiger partial charge in [-0.2, -0.15) is 0 Å². The summed E-state index contributed by atoms with van der Waals surface area (Å²) in [5.74, 6) is -0.599. The third-order valence-corrected chi connectivity index (χ3v) is 6.99. The van der Waals surface area contributed by atoms with Gasteiger partial charge in [-0.05, 0) is 72.7 Å². The summed E-state index contributed by atoms with van der Waals surface area (Å²) in [7, 11) is 0. The Morgan fingerprint density at radius 2 is 1.49 bits per heavy atom. The molecule has 0 aliphatic rings. The van der Waals surface area contributed by atoms with E-state index >= 15 is 0 Å². The molecular formula is C33H37FN2O3. The van der Waals surface area contributed by atoms with Crippen LogP contribution in [0.25, 0.3) is 22.4 Å². The van der Waals surface area contributed by atoms with Crippen LogP contribution in [0.5, 0.6) is 0 Å². The SMILES string of the molecule is CCC(O)C[C@H](O)CCn1c(-c2ccc(F)cc2)c(-c2ccccc2)c(C(=O)Nc2ccccc2)c1C(C)C. The van der Waals surface area contributed by atoms with Crippen molar-refractivity contribution in [3.8, 4) is 22.4 Å². The summed E-state index contributed by atoms with van der Waals surface area (Å²) in [6.45, 7) is 6.41. The molecule has 3 aromatic carbocycles. The second-order valence-electron chi connectivity index (χ2n) is 10.2. The summed E-state index contributed by atoms with van der Waals surface area (Å²) < 4.78 is 16.1. The highest BCUT2D eigenvalue weighted by atomic mass is 19.1. The van der Waals surface area contributed by atoms with E-state index in [0.717, 1.165) is 28.1 Å². The van der Waals surface area contributed by atoms with E-state index in [1.165, 1.54) is 12.1 Å². The van der Waals surface area contributed by atoms with Gasteiger partial charge >= 0.3 is 0 Å². The molecule has 1 unspecified atom stereocenters. The van der Waals surface area contributed by atoms with E-state index < -0.39 is 12.2 Å². The van der Waals surface area contributed by atoms with Gasteiger partial charge in [0, 0.05) is 23.5 Å². The molecule has 5 nitrogen and oxygen atoms in total. The summed E-state index contributed by atoms with van der Waals surface area (Å²) in [4.78, 5) is 14.0. The fourth-order valence-corrected chi connectivity index (χ4v) is 5.08. The topological polar surface area (TPSA) is 74.5 Å². The molecule has 1 amide bonds. The zero-order chi connectivity index (χ0) is 27.9. The van der Waals surface area contributed by atoms with E-state index in [4.69, 9.17) is 0 Å². The molecule has 0 aliphatic carbocycles. The third kappa shape index (κ3) is 6.64. The molecule has 1 heterocycles. The molecular weight excluding hydrogens is 491 g/mol. The molecule has 6 heteroatoms. The molecule has 4 aromatic rings. The van der Waals surface area contributed by atoms with Crippen molar-refractivity contribution in [1.29, 1.82) is 0 Å². The first-order chi connectivity index (χ1) is 18.8. The van der Waals surface area contributed by atoms with Crippen LogP contribution in [0.3, 0.4) is 0 Å². The number of rotatable bonds is 11. The minimum absolute atomic E-state index is 0.0310. The second-order valence-corrected chi connectivity index (χ2v) is 10.2. The average molecular weight is 529 g/mol. The van der Waals surface area contributed by atoms with Crippen molar-refractivity contribution in [2.45, 2.75) is 64.7 Å². The van der Waals surface area contributed by atoms with Crippen molar-refractivity contribution in [2.24, 2.45) is 0 Å². The van der Waals surface area contributed by atoms with Crippen LogP contribution < -0.4 is 5.32 Å². The molecule has 39 heavy (non-hydrogen) atoms. The molecule has 204 valence electrons. The van der Waals surface area contributed by atoms with Crippen molar-refractivity contribution in [3.05, 3.63) is 102 Å². The maximum absolute atomic E-state index is 14.0. The number of carbonyl (C=O) groups excluding carboxylic acids is 1. The normalized spacial score (nSPS) is 12.9. The van der Waals surface area contributed by atoms with Gasteiger partial charge in [0.15, 0.2) is 0 Å². The lowest BCUT2D eigenvalue weighted by molar-refractivity contribution is 0.0711. The Balaban J connectivity index is 1.94. The molecule has 0 bridgehead atoms. The van der Waals surface area contributed by atoms with Gasteiger partial charge in [-0.3, -0.25) is 4.79 Å². The Kier molecular flexibility index (Phi) is 9.33. The van der Waals surface area contributed by atoms with E-state index in [9.17, 15) is 19.4 Å². The first-order valence-corrected chi connectivity index (χ1v) is 13.6. The number of halogens is 1. The molecule has 0 aliphatic heterocycles. The van der Waals surface area contributed by atoms with Gasteiger partial charge in [-0.25, -0.2) is 4.39 Å². The van der Waals surface area contributed by atoms with Crippen LogP contribution >= 0.6 is 0 Å². The Hall–Kier alpha value is -3.74. The number of amides is 1. The standard InChI is InChI=1S/C33H37FN2O3/c1-4-27(37)21-28(38)19-20-36-31(22(2)3)30(33(39)35-26-13-9-6-10-14-26)29(23-11-7-5-8-12-23)32(36)24-15-17-25(34)18-16-24/h5-18,22,27-28,37-38H,4,19-21H2,1-3H3,(H,35,39)/t27?,28-/m1/s1. The largest absolute Gasteiger partial charge is 0.393 e. The maximum Gasteiger partial charge on any atom is 0.258 e. The Morgan fingerprint density at radius 1 is 0.872 bits per heavy atom. The number of carbonyl (C=O) groups is 1. The van der Waals surface area contributed by atoms with Gasteiger partial charge < -0.3 is 20.1 Å². The quantitative estimate of drug-likeness (QED) is 0.192. The maximum atomic E-state index is 14.0. The van der Waals surface area contributed by atoms with Crippen LogP contribution in [0.2, 0.25) is 0 Å². The highest BCUT2D eigenvalue weighted by molar-refractivity contribution is 6.12. The van der Waals surface area contributed by atoms with E-state index in [-0.39, 0.29) is 24.1 Å². The molecule has 1 aromatic heterocycles. The van der Waals surface area contributed by atoms with E-state index in [1.54, 1.807) is 12.1 Å². The number of aromatic nitrogens is 1. The first kappa shape index (κ1) is 28.3. The number of para-hydroxylation sites is 1. The molecule has 0 fully saturated rings. The molecule has 0 spiro atoms. The summed E-state index contributed by atoms with van der Waals surface area (Å²) >= 11 is 0. The lowest BCUT2D eigenvalue weighted by Crippen LogP contribution is -2.20. The van der Waals surface area contributed by atoms with E-state index in [0.29, 0.717) is 30.6 Å². The predicted octanol–water partition coefficient (Wildman–Crippen LogP) is 7.25. The van der Waals surface area contributed by atoms with Crippen molar-refractivity contribution in [2.75, 3.05) is 5.32 Å². The van der Waals surface area contributed by atoms with Gasteiger partial charge in [0.25, 0.3) is 5.91 Å². The lowest BCUT2D eigenvalue weighted by atomic mass is 9.94. The molecule has 0 radical (unpaired) electrons. The van der Waals surface area contributed by atoms with Gasteiger partial charge in [0.05, 0.1) is 23.5 Å². The van der Waals surface area contributed by atoms with Crippen LogP contribution in [-0.2, 0) is 6.54 Å². The number of benzene rings is 3. The molecule has 0 saturated carbocycles. The minimum Gasteiger partial charge on any atom is -0.393 e. The van der Waals surface area contributed by atoms with E-state index in [1.807, 2.05) is 81.4 Å². The monoisotopic (exact) mass is 528 g/mol. The average Bonchev–Trinajstić information content (AvgIpc) is 3.29. The number of aliphatic hydroxyl groups excluding tert-OH is 2. The second kappa shape index (κ2) is 12.9. The molecule has 4 rings (SSSR count). The van der Waals surface area contributed by atoms with Crippen molar-refractivity contribution >= 4 is 11.6 Å². The number of anilines is 1.